The Labute approximate surface area is 326 Å². The molecule has 0 aliphatic carbocycles. The first-order chi connectivity index (χ1) is 28.3. The zero-order chi connectivity index (χ0) is 37.2. The Kier molecular flexibility index (Phi) is 6.10. The van der Waals surface area contributed by atoms with Crippen molar-refractivity contribution in [2.24, 2.45) is 0 Å². The Morgan fingerprint density at radius 1 is 0.404 bits per heavy atom. The number of rotatable bonds is 3. The highest BCUT2D eigenvalue weighted by Gasteiger charge is 2.29. The maximum atomic E-state index is 6.56. The van der Waals surface area contributed by atoms with Gasteiger partial charge in [-0.05, 0) is 75.6 Å². The number of aromatic nitrogens is 4. The lowest BCUT2D eigenvalue weighted by Gasteiger charge is -2.22. The molecular weight excluding hydrogens is 697 g/mol. The van der Waals surface area contributed by atoms with Crippen LogP contribution in [0.3, 0.4) is 0 Å². The molecule has 0 atom stereocenters. The first-order valence-corrected chi connectivity index (χ1v) is 19.3. The van der Waals surface area contributed by atoms with E-state index in [1.807, 2.05) is 12.1 Å². The van der Waals surface area contributed by atoms with E-state index in [4.69, 9.17) is 14.7 Å². The molecule has 12 aromatic rings. The van der Waals surface area contributed by atoms with E-state index in [1.165, 1.54) is 37.7 Å². The fourth-order valence-electron chi connectivity index (χ4n) is 9.48. The predicted molar refractivity (Wildman–Crippen MR) is 234 cm³/mol. The summed E-state index contributed by atoms with van der Waals surface area (Å²) in [4.78, 5) is 11.2. The summed E-state index contributed by atoms with van der Waals surface area (Å²) in [6.45, 7) is 0. The zero-order valence-electron chi connectivity index (χ0n) is 30.5. The van der Waals surface area contributed by atoms with Gasteiger partial charge in [0.05, 0.1) is 38.7 Å². The highest BCUT2D eigenvalue weighted by Crippen LogP contribution is 2.50. The highest BCUT2D eigenvalue weighted by atomic mass is 16.5. The Hall–Kier alpha value is -7.76. The largest absolute Gasteiger partial charge is 0.456 e. The third-order valence-corrected chi connectivity index (χ3v) is 11.9. The Bertz CT molecular complexity index is 3670. The third-order valence-electron chi connectivity index (χ3n) is 11.9. The van der Waals surface area contributed by atoms with Crippen molar-refractivity contribution in [3.05, 3.63) is 182 Å². The molecule has 0 saturated heterocycles. The highest BCUT2D eigenvalue weighted by molar-refractivity contribution is 6.36. The summed E-state index contributed by atoms with van der Waals surface area (Å²) in [5, 5.41) is 10.5. The first-order valence-electron chi connectivity index (χ1n) is 19.3. The van der Waals surface area contributed by atoms with Crippen molar-refractivity contribution in [1.29, 1.82) is 0 Å². The van der Waals surface area contributed by atoms with E-state index >= 15 is 0 Å². The van der Waals surface area contributed by atoms with Crippen LogP contribution in [0.15, 0.2) is 182 Å². The number of hydrogen-bond acceptors (Lipinski definition) is 3. The second-order valence-corrected chi connectivity index (χ2v) is 14.9. The van der Waals surface area contributed by atoms with Gasteiger partial charge < -0.3 is 9.30 Å². The van der Waals surface area contributed by atoms with Crippen LogP contribution in [0.5, 0.6) is 11.5 Å². The number of nitrogens with zero attached hydrogens (tertiary/aromatic N) is 4. The average Bonchev–Trinajstić information content (AvgIpc) is 3.81. The lowest BCUT2D eigenvalue weighted by atomic mass is 9.96. The van der Waals surface area contributed by atoms with E-state index in [1.54, 1.807) is 0 Å². The third kappa shape index (κ3) is 4.17. The predicted octanol–water partition coefficient (Wildman–Crippen LogP) is 13.6. The molecule has 5 heteroatoms. The van der Waals surface area contributed by atoms with Crippen molar-refractivity contribution < 1.29 is 4.74 Å². The molecule has 1 aliphatic heterocycles. The molecule has 0 N–H and O–H groups in total. The molecule has 3 aromatic heterocycles. The average molecular weight is 727 g/mol. The standard InChI is InChI=1S/C52H30N4O/c1-2-15-32(16-3-1)35-28-29-44-47-48(35)53-52(54-49(47)40-22-10-13-25-43(40)57-44)56-42-24-12-9-21-39(42)46-37-19-7-6-18-36(37)45-38-20-8-11-23-41(38)55(50(45)51(46)56)34-27-26-31-14-4-5-17-33(31)30-34/h1-30H. The van der Waals surface area contributed by atoms with Crippen LogP contribution in [-0.2, 0) is 0 Å². The number of fused-ring (bicyclic) bond motifs is 13. The van der Waals surface area contributed by atoms with Crippen LogP contribution in [0.1, 0.15) is 0 Å². The second kappa shape index (κ2) is 11.4. The second-order valence-electron chi connectivity index (χ2n) is 14.9. The Balaban J connectivity index is 1.27. The summed E-state index contributed by atoms with van der Waals surface area (Å²) in [6, 6.07) is 64.7. The normalized spacial score (nSPS) is 12.4. The molecule has 9 aromatic carbocycles. The van der Waals surface area contributed by atoms with Crippen molar-refractivity contribution in [2.45, 2.75) is 0 Å². The molecule has 0 unspecified atom stereocenters. The number of ether oxygens (including phenoxy) is 1. The van der Waals surface area contributed by atoms with Gasteiger partial charge >= 0.3 is 0 Å². The molecule has 0 radical (unpaired) electrons. The van der Waals surface area contributed by atoms with Crippen molar-refractivity contribution in [3.8, 4) is 45.5 Å². The van der Waals surface area contributed by atoms with Crippen LogP contribution in [-0.4, -0.2) is 19.1 Å². The molecule has 13 rings (SSSR count). The van der Waals surface area contributed by atoms with E-state index in [-0.39, 0.29) is 0 Å². The smallest absolute Gasteiger partial charge is 0.235 e. The lowest BCUT2D eigenvalue weighted by molar-refractivity contribution is 0.486. The summed E-state index contributed by atoms with van der Waals surface area (Å²) in [5.41, 5.74) is 10.3. The maximum absolute atomic E-state index is 6.56. The number of para-hydroxylation sites is 3. The van der Waals surface area contributed by atoms with E-state index in [2.05, 4.69) is 179 Å². The SMILES string of the molecule is c1ccc(-c2ccc3c4c(nc(-n5c6ccccc6c6c7ccccc7c7c8ccccc8n(-c8ccc9ccccc9c8)c7c65)nc24)-c2ccccc2O3)cc1. The van der Waals surface area contributed by atoms with Gasteiger partial charge in [0, 0.05) is 38.4 Å². The minimum atomic E-state index is 0.613. The Morgan fingerprint density at radius 2 is 1.02 bits per heavy atom. The molecule has 5 nitrogen and oxygen atoms in total. The van der Waals surface area contributed by atoms with Gasteiger partial charge in [0.1, 0.15) is 11.5 Å². The van der Waals surface area contributed by atoms with Crippen LogP contribution in [0.2, 0.25) is 0 Å². The van der Waals surface area contributed by atoms with E-state index in [0.717, 1.165) is 77.9 Å². The van der Waals surface area contributed by atoms with Gasteiger partial charge in [-0.25, -0.2) is 9.97 Å². The van der Waals surface area contributed by atoms with E-state index in [9.17, 15) is 0 Å². The minimum absolute atomic E-state index is 0.613. The van der Waals surface area contributed by atoms with Crippen LogP contribution in [0.4, 0.5) is 0 Å². The van der Waals surface area contributed by atoms with Crippen LogP contribution < -0.4 is 4.74 Å². The molecule has 0 amide bonds. The van der Waals surface area contributed by atoms with Gasteiger partial charge in [0.2, 0.25) is 5.95 Å². The van der Waals surface area contributed by atoms with Crippen molar-refractivity contribution in [3.63, 3.8) is 0 Å². The summed E-state index contributed by atoms with van der Waals surface area (Å²) in [7, 11) is 0. The van der Waals surface area contributed by atoms with Gasteiger partial charge in [-0.1, -0.05) is 133 Å². The molecule has 1 aliphatic rings. The number of hydrogen-bond donors (Lipinski definition) is 0. The van der Waals surface area contributed by atoms with Crippen molar-refractivity contribution in [1.82, 2.24) is 19.1 Å². The van der Waals surface area contributed by atoms with Crippen LogP contribution in [0.25, 0.3) is 110 Å². The fraction of sp³-hybridized carbons (Fsp3) is 0. The van der Waals surface area contributed by atoms with Crippen molar-refractivity contribution in [2.75, 3.05) is 0 Å². The summed E-state index contributed by atoms with van der Waals surface area (Å²) in [6.07, 6.45) is 0. The minimum Gasteiger partial charge on any atom is -0.456 e. The monoisotopic (exact) mass is 726 g/mol. The quantitative estimate of drug-likeness (QED) is 0.182. The molecule has 0 saturated carbocycles. The maximum Gasteiger partial charge on any atom is 0.235 e. The molecule has 57 heavy (non-hydrogen) atoms. The van der Waals surface area contributed by atoms with Gasteiger partial charge in [-0.3, -0.25) is 4.57 Å². The van der Waals surface area contributed by atoms with Gasteiger partial charge in [-0.2, -0.15) is 0 Å². The first kappa shape index (κ1) is 30.6. The van der Waals surface area contributed by atoms with Gasteiger partial charge in [0.25, 0.3) is 0 Å². The van der Waals surface area contributed by atoms with Gasteiger partial charge in [0.15, 0.2) is 0 Å². The molecular formula is C52H30N4O. The molecule has 0 bridgehead atoms. The topological polar surface area (TPSA) is 44.9 Å². The molecule has 264 valence electrons. The lowest BCUT2D eigenvalue weighted by Crippen LogP contribution is -2.08. The van der Waals surface area contributed by atoms with Crippen LogP contribution in [0, 0.1) is 0 Å². The van der Waals surface area contributed by atoms with E-state index < -0.39 is 0 Å². The van der Waals surface area contributed by atoms with Gasteiger partial charge in [-0.15, -0.1) is 0 Å². The zero-order valence-corrected chi connectivity index (χ0v) is 30.5. The molecule has 0 fully saturated rings. The summed E-state index contributed by atoms with van der Waals surface area (Å²) >= 11 is 0. The van der Waals surface area contributed by atoms with Crippen molar-refractivity contribution >= 4 is 76.1 Å². The Morgan fingerprint density at radius 3 is 1.79 bits per heavy atom. The molecule has 0 spiro atoms. The summed E-state index contributed by atoms with van der Waals surface area (Å²) < 4.78 is 11.3. The number of benzene rings is 9. The summed E-state index contributed by atoms with van der Waals surface area (Å²) in [5.74, 6) is 2.16. The van der Waals surface area contributed by atoms with Crippen LogP contribution >= 0.6 is 0 Å². The molecule has 4 heterocycles. The fourth-order valence-corrected chi connectivity index (χ4v) is 9.48. The van der Waals surface area contributed by atoms with E-state index in [0.29, 0.717) is 5.95 Å².